The van der Waals surface area contributed by atoms with Gasteiger partial charge in [0, 0.05) is 42.5 Å². The molecule has 2 atom stereocenters. The number of nitrogens with zero attached hydrogens (tertiary/aromatic N) is 1. The number of nitrogens with one attached hydrogen (secondary N) is 1. The first-order chi connectivity index (χ1) is 15.5. The van der Waals surface area contributed by atoms with Gasteiger partial charge in [0.25, 0.3) is 0 Å². The third kappa shape index (κ3) is 5.08. The van der Waals surface area contributed by atoms with Crippen LogP contribution in [-0.4, -0.2) is 16.5 Å². The molecule has 164 valence electrons. The predicted octanol–water partition coefficient (Wildman–Crippen LogP) is 5.98. The maximum Gasteiger partial charge on any atom is 0.221 e. The molecule has 1 amide bonds. The summed E-state index contributed by atoms with van der Waals surface area (Å²) in [5, 5.41) is 4.24. The molecule has 0 spiro atoms. The van der Waals surface area contributed by atoms with Crippen LogP contribution in [0.15, 0.2) is 85.1 Å². The largest absolute Gasteiger partial charge is 0.354 e. The number of hydrogen-bond acceptors (Lipinski definition) is 1. The van der Waals surface area contributed by atoms with Crippen molar-refractivity contribution in [3.05, 3.63) is 108 Å². The number of amides is 1. The Balaban J connectivity index is 1.53. The maximum atomic E-state index is 14.1. The van der Waals surface area contributed by atoms with Crippen LogP contribution in [-0.2, 0) is 18.3 Å². The normalized spacial score (nSPS) is 13.1. The van der Waals surface area contributed by atoms with Crippen LogP contribution < -0.4 is 5.32 Å². The molecule has 2 unspecified atom stereocenters. The lowest BCUT2D eigenvalue weighted by molar-refractivity contribution is -0.121. The van der Waals surface area contributed by atoms with E-state index in [0.717, 1.165) is 34.9 Å². The third-order valence-electron chi connectivity index (χ3n) is 6.06. The molecule has 32 heavy (non-hydrogen) atoms. The zero-order chi connectivity index (χ0) is 22.5. The van der Waals surface area contributed by atoms with Crippen molar-refractivity contribution in [1.29, 1.82) is 0 Å². The number of carbonyl (C=O) groups is 1. The molecule has 0 aliphatic carbocycles. The van der Waals surface area contributed by atoms with Crippen LogP contribution in [0.5, 0.6) is 0 Å². The van der Waals surface area contributed by atoms with Crippen molar-refractivity contribution in [2.24, 2.45) is 7.05 Å². The minimum Gasteiger partial charge on any atom is -0.354 e. The molecular formula is C28H29FN2O. The van der Waals surface area contributed by atoms with Gasteiger partial charge in [-0.3, -0.25) is 4.79 Å². The molecule has 0 radical (unpaired) electrons. The monoisotopic (exact) mass is 428 g/mol. The maximum absolute atomic E-state index is 14.1. The van der Waals surface area contributed by atoms with Gasteiger partial charge in [-0.05, 0) is 54.7 Å². The Morgan fingerprint density at radius 1 is 1.00 bits per heavy atom. The SMILES string of the molecule is CC(CCc1ccccc1)NC(=O)CC(c1cccc(F)c1)c1cn(C)c2ccccc12. The average molecular weight is 429 g/mol. The van der Waals surface area contributed by atoms with Crippen LogP contribution >= 0.6 is 0 Å². The van der Waals surface area contributed by atoms with Crippen LogP contribution in [0.3, 0.4) is 0 Å². The molecule has 1 heterocycles. The highest BCUT2D eigenvalue weighted by Gasteiger charge is 2.23. The summed E-state index contributed by atoms with van der Waals surface area (Å²) in [5.74, 6) is -0.532. The number of hydrogen-bond donors (Lipinski definition) is 1. The Bertz CT molecular complexity index is 1200. The Morgan fingerprint density at radius 3 is 2.53 bits per heavy atom. The fourth-order valence-corrected chi connectivity index (χ4v) is 4.40. The summed E-state index contributed by atoms with van der Waals surface area (Å²) in [5.41, 5.74) is 4.22. The Kier molecular flexibility index (Phi) is 6.69. The van der Waals surface area contributed by atoms with Crippen LogP contribution in [0.4, 0.5) is 4.39 Å². The summed E-state index contributed by atoms with van der Waals surface area (Å²) in [6.07, 6.45) is 4.12. The second-order valence-corrected chi connectivity index (χ2v) is 8.52. The van der Waals surface area contributed by atoms with Gasteiger partial charge in [-0.25, -0.2) is 4.39 Å². The highest BCUT2D eigenvalue weighted by molar-refractivity contribution is 5.86. The summed E-state index contributed by atoms with van der Waals surface area (Å²) in [4.78, 5) is 13.0. The number of para-hydroxylation sites is 1. The first kappa shape index (κ1) is 21.8. The first-order valence-corrected chi connectivity index (χ1v) is 11.1. The molecule has 0 bridgehead atoms. The second-order valence-electron chi connectivity index (χ2n) is 8.52. The van der Waals surface area contributed by atoms with Gasteiger partial charge in [-0.15, -0.1) is 0 Å². The molecule has 0 saturated carbocycles. The summed E-state index contributed by atoms with van der Waals surface area (Å²) >= 11 is 0. The number of aromatic nitrogens is 1. The summed E-state index contributed by atoms with van der Waals surface area (Å²) in [6, 6.07) is 25.1. The van der Waals surface area contributed by atoms with Gasteiger partial charge in [0.1, 0.15) is 5.82 Å². The van der Waals surface area contributed by atoms with Gasteiger partial charge in [0.15, 0.2) is 0 Å². The van der Waals surface area contributed by atoms with E-state index in [-0.39, 0.29) is 30.1 Å². The molecule has 1 N–H and O–H groups in total. The van der Waals surface area contributed by atoms with E-state index >= 15 is 0 Å². The molecule has 0 saturated heterocycles. The van der Waals surface area contributed by atoms with E-state index in [0.29, 0.717) is 0 Å². The molecule has 0 fully saturated rings. The van der Waals surface area contributed by atoms with E-state index in [1.807, 2.05) is 50.4 Å². The lowest BCUT2D eigenvalue weighted by Crippen LogP contribution is -2.33. The zero-order valence-corrected chi connectivity index (χ0v) is 18.6. The van der Waals surface area contributed by atoms with Crippen molar-refractivity contribution in [3.63, 3.8) is 0 Å². The molecule has 3 aromatic carbocycles. The fourth-order valence-electron chi connectivity index (χ4n) is 4.40. The van der Waals surface area contributed by atoms with E-state index < -0.39 is 0 Å². The van der Waals surface area contributed by atoms with E-state index in [2.05, 4.69) is 40.3 Å². The van der Waals surface area contributed by atoms with Crippen molar-refractivity contribution >= 4 is 16.8 Å². The highest BCUT2D eigenvalue weighted by Crippen LogP contribution is 2.34. The van der Waals surface area contributed by atoms with Gasteiger partial charge in [-0.2, -0.15) is 0 Å². The number of carbonyl (C=O) groups excluding carboxylic acids is 1. The number of aryl methyl sites for hydroxylation is 2. The number of rotatable bonds is 8. The molecule has 0 aliphatic rings. The summed E-state index contributed by atoms with van der Waals surface area (Å²) in [6.45, 7) is 2.04. The number of fused-ring (bicyclic) bond motifs is 1. The van der Waals surface area contributed by atoms with Gasteiger partial charge in [-0.1, -0.05) is 60.7 Å². The van der Waals surface area contributed by atoms with E-state index in [1.165, 1.54) is 11.6 Å². The minimum absolute atomic E-state index is 0.0206. The van der Waals surface area contributed by atoms with Crippen molar-refractivity contribution in [1.82, 2.24) is 9.88 Å². The average Bonchev–Trinajstić information content (AvgIpc) is 3.13. The van der Waals surface area contributed by atoms with E-state index in [1.54, 1.807) is 12.1 Å². The molecular weight excluding hydrogens is 399 g/mol. The lowest BCUT2D eigenvalue weighted by atomic mass is 9.88. The van der Waals surface area contributed by atoms with Crippen molar-refractivity contribution < 1.29 is 9.18 Å². The molecule has 1 aromatic heterocycles. The van der Waals surface area contributed by atoms with Crippen molar-refractivity contribution in [2.45, 2.75) is 38.1 Å². The van der Waals surface area contributed by atoms with Crippen LogP contribution in [0.25, 0.3) is 10.9 Å². The van der Waals surface area contributed by atoms with Gasteiger partial charge < -0.3 is 9.88 Å². The highest BCUT2D eigenvalue weighted by atomic mass is 19.1. The Hall–Kier alpha value is -3.40. The topological polar surface area (TPSA) is 34.0 Å². The Morgan fingerprint density at radius 2 is 1.75 bits per heavy atom. The lowest BCUT2D eigenvalue weighted by Gasteiger charge is -2.20. The molecule has 3 nitrogen and oxygen atoms in total. The standard InChI is InChI=1S/C28H29FN2O/c1-20(15-16-21-9-4-3-5-10-21)30-28(32)18-25(22-11-8-12-23(29)17-22)26-19-31(2)27-14-7-6-13-24(26)27/h3-14,17,19-20,25H,15-16,18H2,1-2H3,(H,30,32). The third-order valence-corrected chi connectivity index (χ3v) is 6.06. The van der Waals surface area contributed by atoms with E-state index in [4.69, 9.17) is 0 Å². The molecule has 4 heteroatoms. The summed E-state index contributed by atoms with van der Waals surface area (Å²) < 4.78 is 16.1. The van der Waals surface area contributed by atoms with Gasteiger partial charge in [0.05, 0.1) is 0 Å². The molecule has 4 aromatic rings. The van der Waals surface area contributed by atoms with Crippen molar-refractivity contribution in [3.8, 4) is 0 Å². The van der Waals surface area contributed by atoms with E-state index in [9.17, 15) is 9.18 Å². The van der Waals surface area contributed by atoms with Gasteiger partial charge >= 0.3 is 0 Å². The molecule has 0 aliphatic heterocycles. The van der Waals surface area contributed by atoms with Gasteiger partial charge in [0.2, 0.25) is 5.91 Å². The van der Waals surface area contributed by atoms with Crippen LogP contribution in [0, 0.1) is 5.82 Å². The number of halogens is 1. The predicted molar refractivity (Wildman–Crippen MR) is 128 cm³/mol. The second kappa shape index (κ2) is 9.82. The Labute approximate surface area is 188 Å². The fraction of sp³-hybridized carbons (Fsp3) is 0.250. The zero-order valence-electron chi connectivity index (χ0n) is 18.6. The smallest absolute Gasteiger partial charge is 0.221 e. The minimum atomic E-state index is -0.288. The first-order valence-electron chi connectivity index (χ1n) is 11.1. The van der Waals surface area contributed by atoms with Crippen LogP contribution in [0.1, 0.15) is 42.4 Å². The number of benzene rings is 3. The summed E-state index contributed by atoms with van der Waals surface area (Å²) in [7, 11) is 2.00. The quantitative estimate of drug-likeness (QED) is 0.368. The molecule has 4 rings (SSSR count). The van der Waals surface area contributed by atoms with Crippen molar-refractivity contribution in [2.75, 3.05) is 0 Å². The van der Waals surface area contributed by atoms with Crippen LogP contribution in [0.2, 0.25) is 0 Å².